The Bertz CT molecular complexity index is 952. The van der Waals surface area contributed by atoms with Crippen LogP contribution in [0.3, 0.4) is 0 Å². The average Bonchev–Trinajstić information content (AvgIpc) is 3.29. The SMILES string of the molecule is O=C1c2c(OCc3ccccc3)c(=O)c(Br)cn2C2(CC2)C2OCCN12. The van der Waals surface area contributed by atoms with Crippen molar-refractivity contribution >= 4 is 21.8 Å². The molecule has 3 heterocycles. The number of hydrogen-bond acceptors (Lipinski definition) is 4. The van der Waals surface area contributed by atoms with Gasteiger partial charge in [-0.1, -0.05) is 30.3 Å². The molecule has 26 heavy (non-hydrogen) atoms. The Labute approximate surface area is 158 Å². The van der Waals surface area contributed by atoms with Crippen molar-refractivity contribution in [2.45, 2.75) is 31.2 Å². The highest BCUT2D eigenvalue weighted by Gasteiger charge is 2.61. The van der Waals surface area contributed by atoms with Gasteiger partial charge in [-0.3, -0.25) is 9.59 Å². The van der Waals surface area contributed by atoms with E-state index in [0.29, 0.717) is 23.3 Å². The van der Waals surface area contributed by atoms with Gasteiger partial charge >= 0.3 is 0 Å². The van der Waals surface area contributed by atoms with E-state index >= 15 is 0 Å². The summed E-state index contributed by atoms with van der Waals surface area (Å²) in [6, 6.07) is 9.61. The van der Waals surface area contributed by atoms with Crippen LogP contribution in [-0.4, -0.2) is 34.8 Å². The van der Waals surface area contributed by atoms with E-state index in [2.05, 4.69) is 15.9 Å². The minimum absolute atomic E-state index is 0.116. The van der Waals surface area contributed by atoms with Gasteiger partial charge in [0.05, 0.1) is 16.6 Å². The Balaban J connectivity index is 1.62. The lowest BCUT2D eigenvalue weighted by atomic mass is 10.1. The van der Waals surface area contributed by atoms with Crippen LogP contribution in [0.4, 0.5) is 0 Å². The normalized spacial score (nSPS) is 22.3. The molecule has 0 bridgehead atoms. The number of amides is 1. The van der Waals surface area contributed by atoms with E-state index in [1.165, 1.54) is 0 Å². The standard InChI is InChI=1S/C19H17BrN2O4/c20-13-10-22-14(16(15(13)23)26-11-12-4-2-1-3-5-12)17(24)21-8-9-25-18(21)19(22)6-7-19/h1-5,10,18H,6-9,11H2. The molecule has 3 aliphatic rings. The monoisotopic (exact) mass is 416 g/mol. The molecule has 6 nitrogen and oxygen atoms in total. The molecule has 1 spiro atoms. The first-order chi connectivity index (χ1) is 12.6. The maximum Gasteiger partial charge on any atom is 0.276 e. The Morgan fingerprint density at radius 2 is 2.00 bits per heavy atom. The third-order valence-electron chi connectivity index (χ3n) is 5.40. The summed E-state index contributed by atoms with van der Waals surface area (Å²) in [5.74, 6) is -0.0810. The summed E-state index contributed by atoms with van der Waals surface area (Å²) in [4.78, 5) is 27.6. The zero-order valence-corrected chi connectivity index (χ0v) is 15.6. The number of carbonyl (C=O) groups is 1. The van der Waals surface area contributed by atoms with Crippen LogP contribution in [0.25, 0.3) is 0 Å². The number of carbonyl (C=O) groups excluding carboxylic acids is 1. The first kappa shape index (κ1) is 16.1. The number of fused-ring (bicyclic) bond motifs is 4. The molecular weight excluding hydrogens is 400 g/mol. The van der Waals surface area contributed by atoms with E-state index < -0.39 is 0 Å². The molecule has 1 atom stereocenters. The number of benzene rings is 1. The number of ether oxygens (including phenoxy) is 2. The average molecular weight is 417 g/mol. The molecule has 0 radical (unpaired) electrons. The van der Waals surface area contributed by atoms with Crippen LogP contribution in [0.5, 0.6) is 5.75 Å². The van der Waals surface area contributed by atoms with Gasteiger partial charge in [-0.2, -0.15) is 0 Å². The molecule has 1 aromatic heterocycles. The van der Waals surface area contributed by atoms with Crippen LogP contribution in [0.2, 0.25) is 0 Å². The molecule has 5 rings (SSSR count). The summed E-state index contributed by atoms with van der Waals surface area (Å²) in [5, 5.41) is 0. The Kier molecular flexibility index (Phi) is 3.52. The molecule has 1 saturated heterocycles. The van der Waals surface area contributed by atoms with Gasteiger partial charge in [-0.25, -0.2) is 0 Å². The Morgan fingerprint density at radius 3 is 2.73 bits per heavy atom. The summed E-state index contributed by atoms with van der Waals surface area (Å²) in [6.07, 6.45) is 3.31. The lowest BCUT2D eigenvalue weighted by molar-refractivity contribution is -0.0254. The molecule has 1 amide bonds. The van der Waals surface area contributed by atoms with E-state index in [1.807, 2.05) is 34.9 Å². The van der Waals surface area contributed by atoms with E-state index in [-0.39, 0.29) is 35.5 Å². The molecule has 1 saturated carbocycles. The van der Waals surface area contributed by atoms with Gasteiger partial charge in [0, 0.05) is 12.7 Å². The summed E-state index contributed by atoms with van der Waals surface area (Å²) in [6.45, 7) is 1.31. The third kappa shape index (κ3) is 2.20. The van der Waals surface area contributed by atoms with Crippen molar-refractivity contribution < 1.29 is 14.3 Å². The van der Waals surface area contributed by atoms with Gasteiger partial charge in [0.15, 0.2) is 17.7 Å². The Morgan fingerprint density at radius 1 is 1.23 bits per heavy atom. The smallest absolute Gasteiger partial charge is 0.276 e. The maximum absolute atomic E-state index is 13.1. The molecule has 134 valence electrons. The zero-order valence-electron chi connectivity index (χ0n) is 14.0. The number of hydrogen-bond donors (Lipinski definition) is 0. The van der Waals surface area contributed by atoms with Gasteiger partial charge in [-0.15, -0.1) is 0 Å². The van der Waals surface area contributed by atoms with Crippen molar-refractivity contribution in [1.82, 2.24) is 9.47 Å². The number of rotatable bonds is 3. The highest BCUT2D eigenvalue weighted by Crippen LogP contribution is 2.54. The number of aromatic nitrogens is 1. The van der Waals surface area contributed by atoms with Gasteiger partial charge in [0.25, 0.3) is 5.91 Å². The first-order valence-corrected chi connectivity index (χ1v) is 9.46. The zero-order chi connectivity index (χ0) is 17.9. The van der Waals surface area contributed by atoms with Crippen LogP contribution < -0.4 is 10.2 Å². The highest BCUT2D eigenvalue weighted by molar-refractivity contribution is 9.10. The fourth-order valence-corrected chi connectivity index (χ4v) is 4.36. The molecular formula is C19H17BrN2O4. The van der Waals surface area contributed by atoms with E-state index in [9.17, 15) is 9.59 Å². The quantitative estimate of drug-likeness (QED) is 0.770. The van der Waals surface area contributed by atoms with Crippen molar-refractivity contribution in [3.05, 3.63) is 62.5 Å². The lowest BCUT2D eigenvalue weighted by Gasteiger charge is -2.39. The molecule has 1 aliphatic carbocycles. The van der Waals surface area contributed by atoms with Crippen molar-refractivity contribution in [2.75, 3.05) is 13.2 Å². The number of nitrogens with zero attached hydrogens (tertiary/aromatic N) is 2. The first-order valence-electron chi connectivity index (χ1n) is 8.67. The molecule has 0 N–H and O–H groups in total. The van der Waals surface area contributed by atoms with E-state index in [1.54, 1.807) is 11.1 Å². The topological polar surface area (TPSA) is 60.8 Å². The second-order valence-electron chi connectivity index (χ2n) is 6.95. The van der Waals surface area contributed by atoms with Crippen LogP contribution in [0.15, 0.2) is 45.8 Å². The van der Waals surface area contributed by atoms with Crippen LogP contribution >= 0.6 is 15.9 Å². The lowest BCUT2D eigenvalue weighted by Crippen LogP contribution is -2.53. The predicted molar refractivity (Wildman–Crippen MR) is 97.2 cm³/mol. The summed E-state index contributed by atoms with van der Waals surface area (Å²) < 4.78 is 14.0. The fraction of sp³-hybridized carbons (Fsp3) is 0.368. The number of halogens is 1. The molecule has 2 fully saturated rings. The van der Waals surface area contributed by atoms with Gasteiger partial charge < -0.3 is 18.9 Å². The van der Waals surface area contributed by atoms with Crippen molar-refractivity contribution in [3.63, 3.8) is 0 Å². The summed E-state index contributed by atoms with van der Waals surface area (Å²) in [5.41, 5.74) is 0.710. The van der Waals surface area contributed by atoms with Crippen molar-refractivity contribution in [2.24, 2.45) is 0 Å². The molecule has 1 aromatic carbocycles. The van der Waals surface area contributed by atoms with Gasteiger partial charge in [-0.05, 0) is 34.3 Å². The maximum atomic E-state index is 13.1. The fourth-order valence-electron chi connectivity index (χ4n) is 3.97. The highest BCUT2D eigenvalue weighted by atomic mass is 79.9. The molecule has 1 unspecified atom stereocenters. The minimum Gasteiger partial charge on any atom is -0.483 e. The van der Waals surface area contributed by atoms with Crippen LogP contribution in [0, 0.1) is 0 Å². The second-order valence-corrected chi connectivity index (χ2v) is 7.81. The largest absolute Gasteiger partial charge is 0.483 e. The minimum atomic E-state index is -0.296. The number of pyridine rings is 1. The molecule has 2 aliphatic heterocycles. The predicted octanol–water partition coefficient (Wildman–Crippen LogP) is 2.49. The van der Waals surface area contributed by atoms with Crippen LogP contribution in [-0.2, 0) is 16.9 Å². The van der Waals surface area contributed by atoms with Crippen molar-refractivity contribution in [3.8, 4) is 5.75 Å². The van der Waals surface area contributed by atoms with E-state index in [0.717, 1.165) is 18.4 Å². The van der Waals surface area contributed by atoms with Crippen LogP contribution in [0.1, 0.15) is 28.9 Å². The second kappa shape index (κ2) is 5.69. The summed E-state index contributed by atoms with van der Waals surface area (Å²) in [7, 11) is 0. The molecule has 2 aromatic rings. The summed E-state index contributed by atoms with van der Waals surface area (Å²) >= 11 is 3.34. The van der Waals surface area contributed by atoms with Gasteiger partial charge in [0.2, 0.25) is 5.43 Å². The van der Waals surface area contributed by atoms with Crippen molar-refractivity contribution in [1.29, 1.82) is 0 Å². The molecule has 7 heteroatoms. The third-order valence-corrected chi connectivity index (χ3v) is 5.97. The Hall–Kier alpha value is -2.12. The van der Waals surface area contributed by atoms with E-state index in [4.69, 9.17) is 9.47 Å². The van der Waals surface area contributed by atoms with Gasteiger partial charge in [0.1, 0.15) is 6.61 Å².